The van der Waals surface area contributed by atoms with Gasteiger partial charge in [-0.3, -0.25) is 29.1 Å². The van der Waals surface area contributed by atoms with Crippen molar-refractivity contribution in [3.8, 4) is 11.1 Å². The Kier molecular flexibility index (Phi) is 13.9. The van der Waals surface area contributed by atoms with E-state index in [0.717, 1.165) is 11.1 Å². The maximum Gasteiger partial charge on any atom is 0.353 e. The number of benzene rings is 2. The van der Waals surface area contributed by atoms with Crippen molar-refractivity contribution in [2.75, 3.05) is 6.54 Å². The molecule has 0 aliphatic heterocycles. The van der Waals surface area contributed by atoms with Crippen molar-refractivity contribution in [2.45, 2.75) is 84.3 Å². The highest BCUT2D eigenvalue weighted by atomic mass is 31.2. The van der Waals surface area contributed by atoms with Gasteiger partial charge < -0.3 is 29.7 Å². The lowest BCUT2D eigenvalue weighted by Crippen LogP contribution is -2.70. The van der Waals surface area contributed by atoms with Crippen LogP contribution in [0.4, 0.5) is 0 Å². The van der Waals surface area contributed by atoms with Crippen LogP contribution in [-0.4, -0.2) is 68.8 Å². The predicted molar refractivity (Wildman–Crippen MR) is 168 cm³/mol. The van der Waals surface area contributed by atoms with Gasteiger partial charge in [0.25, 0.3) is 0 Å². The topological polar surface area (TPSA) is 189 Å². The maximum atomic E-state index is 13.8. The minimum absolute atomic E-state index is 0.113. The minimum Gasteiger partial charge on any atom is -0.480 e. The summed E-state index contributed by atoms with van der Waals surface area (Å²) in [6, 6.07) is 15.2. The lowest BCUT2D eigenvalue weighted by atomic mass is 9.87. The Morgan fingerprint density at radius 2 is 1.27 bits per heavy atom. The fourth-order valence-corrected chi connectivity index (χ4v) is 6.82. The summed E-state index contributed by atoms with van der Waals surface area (Å²) in [5, 5.41) is 11.7. The monoisotopic (exact) mass is 648 g/mol. The molecule has 0 aromatic heterocycles. The fraction of sp³-hybridized carbons (Fsp3) is 0.500. The van der Waals surface area contributed by atoms with E-state index in [-0.39, 0.29) is 19.3 Å². The zero-order chi connectivity index (χ0) is 33.9. The van der Waals surface area contributed by atoms with Crippen LogP contribution in [0.3, 0.4) is 0 Å². The van der Waals surface area contributed by atoms with Crippen LogP contribution in [0.15, 0.2) is 54.6 Å². The number of ether oxygens (including phenoxy) is 2. The van der Waals surface area contributed by atoms with Crippen LogP contribution in [0, 0.1) is 11.8 Å². The SMILES string of the molecule is CCC(=O)OC(C(C)C)C(NC(Cc1ccc(-c2ccccc2)cc1)C(=O)NCC(=O)O)(C(OC(=O)CC)C(C)C)P(=O)(O)O. The number of aliphatic carboxylic acids is 1. The van der Waals surface area contributed by atoms with Crippen LogP contribution in [0.25, 0.3) is 11.1 Å². The van der Waals surface area contributed by atoms with E-state index < -0.39 is 73.3 Å². The number of hydrogen-bond donors (Lipinski definition) is 5. The molecule has 12 nitrogen and oxygen atoms in total. The molecule has 0 spiro atoms. The highest BCUT2D eigenvalue weighted by Crippen LogP contribution is 2.57. The first-order chi connectivity index (χ1) is 21.1. The standard InChI is InChI=1S/C32H45N2O10P/c1-7-27(37)43-29(20(3)4)32(45(40,41)42,30(21(5)6)44-28(38)8-2)34-25(31(39)33-19-26(35)36)18-22-14-16-24(17-15-22)23-12-10-9-11-13-23/h9-17,20-21,25,29-30,34H,7-8,18-19H2,1-6H3,(H,33,39)(H,35,36)(H2,40,41,42). The van der Waals surface area contributed by atoms with Gasteiger partial charge in [0.05, 0.1) is 6.04 Å². The molecule has 2 aromatic rings. The van der Waals surface area contributed by atoms with Crippen molar-refractivity contribution in [2.24, 2.45) is 11.8 Å². The van der Waals surface area contributed by atoms with E-state index in [2.05, 4.69) is 10.6 Å². The van der Waals surface area contributed by atoms with Gasteiger partial charge in [-0.1, -0.05) is 96.1 Å². The average Bonchev–Trinajstić information content (AvgIpc) is 2.99. The second kappa shape index (κ2) is 16.7. The molecule has 0 fully saturated rings. The first kappa shape index (κ1) is 37.6. The van der Waals surface area contributed by atoms with Crippen molar-refractivity contribution in [1.29, 1.82) is 0 Å². The van der Waals surface area contributed by atoms with Crippen LogP contribution in [0.1, 0.15) is 59.9 Å². The van der Waals surface area contributed by atoms with E-state index in [1.165, 1.54) is 13.8 Å². The van der Waals surface area contributed by atoms with Crippen LogP contribution >= 0.6 is 7.60 Å². The van der Waals surface area contributed by atoms with Crippen molar-refractivity contribution in [3.05, 3.63) is 60.2 Å². The van der Waals surface area contributed by atoms with E-state index >= 15 is 0 Å². The van der Waals surface area contributed by atoms with Crippen molar-refractivity contribution < 1.29 is 48.1 Å². The molecule has 5 N–H and O–H groups in total. The molecule has 0 saturated carbocycles. The number of carbonyl (C=O) groups is 4. The van der Waals surface area contributed by atoms with E-state index in [1.54, 1.807) is 39.8 Å². The predicted octanol–water partition coefficient (Wildman–Crippen LogP) is 3.88. The van der Waals surface area contributed by atoms with Crippen LogP contribution in [0.5, 0.6) is 0 Å². The number of carboxylic acid groups (broad SMARTS) is 1. The van der Waals surface area contributed by atoms with Gasteiger partial charge in [0, 0.05) is 12.8 Å². The Morgan fingerprint density at radius 1 is 0.800 bits per heavy atom. The fourth-order valence-electron chi connectivity index (χ4n) is 5.13. The summed E-state index contributed by atoms with van der Waals surface area (Å²) < 4.78 is 25.2. The number of rotatable bonds is 17. The molecule has 0 saturated heterocycles. The smallest absolute Gasteiger partial charge is 0.353 e. The largest absolute Gasteiger partial charge is 0.480 e. The summed E-state index contributed by atoms with van der Waals surface area (Å²) in [5.74, 6) is -5.22. The molecule has 1 amide bonds. The Hall–Kier alpha value is -3.57. The molecule has 2 aromatic carbocycles. The minimum atomic E-state index is -5.51. The summed E-state index contributed by atoms with van der Waals surface area (Å²) in [6.45, 7) is 8.61. The molecule has 3 atom stereocenters. The lowest BCUT2D eigenvalue weighted by Gasteiger charge is -2.49. The molecular formula is C32H45N2O10P. The van der Waals surface area contributed by atoms with Crippen LogP contribution in [0.2, 0.25) is 0 Å². The zero-order valence-electron chi connectivity index (χ0n) is 26.6. The molecule has 0 bridgehead atoms. The van der Waals surface area contributed by atoms with Crippen molar-refractivity contribution in [1.82, 2.24) is 10.6 Å². The van der Waals surface area contributed by atoms with Crippen LogP contribution < -0.4 is 10.6 Å². The average molecular weight is 649 g/mol. The highest BCUT2D eigenvalue weighted by molar-refractivity contribution is 7.53. The van der Waals surface area contributed by atoms with Gasteiger partial charge in [0.2, 0.25) is 5.91 Å². The molecule has 248 valence electrons. The third kappa shape index (κ3) is 9.96. The molecular weight excluding hydrogens is 603 g/mol. The molecule has 45 heavy (non-hydrogen) atoms. The third-order valence-corrected chi connectivity index (χ3v) is 8.89. The van der Waals surface area contributed by atoms with E-state index in [9.17, 15) is 38.6 Å². The van der Waals surface area contributed by atoms with Crippen molar-refractivity contribution in [3.63, 3.8) is 0 Å². The Balaban J connectivity index is 2.78. The Bertz CT molecular complexity index is 1310. The summed E-state index contributed by atoms with van der Waals surface area (Å²) >= 11 is 0. The van der Waals surface area contributed by atoms with Gasteiger partial charge in [-0.2, -0.15) is 0 Å². The van der Waals surface area contributed by atoms with Gasteiger partial charge in [0.15, 0.2) is 5.28 Å². The quantitative estimate of drug-likeness (QED) is 0.124. The molecule has 0 aliphatic carbocycles. The van der Waals surface area contributed by atoms with Gasteiger partial charge >= 0.3 is 25.5 Å². The van der Waals surface area contributed by atoms with Gasteiger partial charge in [-0.25, -0.2) is 0 Å². The molecule has 2 rings (SSSR count). The lowest BCUT2D eigenvalue weighted by molar-refractivity contribution is -0.169. The number of nitrogens with one attached hydrogen (secondary N) is 2. The highest BCUT2D eigenvalue weighted by Gasteiger charge is 2.64. The second-order valence-corrected chi connectivity index (χ2v) is 13.3. The summed E-state index contributed by atoms with van der Waals surface area (Å²) in [7, 11) is -5.51. The van der Waals surface area contributed by atoms with E-state index in [0.29, 0.717) is 5.56 Å². The molecule has 0 aliphatic rings. The zero-order valence-corrected chi connectivity index (χ0v) is 27.5. The number of esters is 2. The van der Waals surface area contributed by atoms with Crippen LogP contribution in [-0.2, 0) is 39.6 Å². The first-order valence-corrected chi connectivity index (χ1v) is 16.5. The summed E-state index contributed by atoms with van der Waals surface area (Å²) in [4.78, 5) is 72.5. The summed E-state index contributed by atoms with van der Waals surface area (Å²) in [6.07, 6.45) is -3.55. The number of carbonyl (C=O) groups excluding carboxylic acids is 3. The number of hydrogen-bond acceptors (Lipinski definition) is 8. The maximum absolute atomic E-state index is 13.8. The van der Waals surface area contributed by atoms with E-state index in [1.807, 2.05) is 42.5 Å². The second-order valence-electron chi connectivity index (χ2n) is 11.5. The Labute approximate surface area is 264 Å². The van der Waals surface area contributed by atoms with Crippen molar-refractivity contribution >= 4 is 31.4 Å². The number of carboxylic acids is 1. The molecule has 0 radical (unpaired) electrons. The first-order valence-electron chi connectivity index (χ1n) is 14.9. The van der Waals surface area contributed by atoms with E-state index in [4.69, 9.17) is 9.47 Å². The van der Waals surface area contributed by atoms with Gasteiger partial charge in [-0.05, 0) is 34.9 Å². The normalized spacial score (nSPS) is 15.1. The van der Waals surface area contributed by atoms with Gasteiger partial charge in [0.1, 0.15) is 18.8 Å². The molecule has 0 heterocycles. The third-order valence-electron chi connectivity index (χ3n) is 7.29. The molecule has 3 unspecified atom stereocenters. The Morgan fingerprint density at radius 3 is 1.67 bits per heavy atom. The number of amides is 1. The summed E-state index contributed by atoms with van der Waals surface area (Å²) in [5.41, 5.74) is 2.42. The van der Waals surface area contributed by atoms with Gasteiger partial charge in [-0.15, -0.1) is 0 Å². The molecule has 13 heteroatoms.